The maximum atomic E-state index is 4.74. The van der Waals surface area contributed by atoms with Gasteiger partial charge in [0.25, 0.3) is 0 Å². The van der Waals surface area contributed by atoms with Crippen LogP contribution >= 0.6 is 0 Å². The van der Waals surface area contributed by atoms with Crippen molar-refractivity contribution in [1.82, 2.24) is 15.5 Å². The Morgan fingerprint density at radius 3 is 2.50 bits per heavy atom. The molecule has 1 aliphatic heterocycles. The highest BCUT2D eigenvalue weighted by molar-refractivity contribution is 5.80. The molecular formula is C18H34N4. The molecule has 1 saturated heterocycles. The van der Waals surface area contributed by atoms with Gasteiger partial charge in [0.15, 0.2) is 5.96 Å². The summed E-state index contributed by atoms with van der Waals surface area (Å²) in [7, 11) is 0. The van der Waals surface area contributed by atoms with Crippen LogP contribution in [0, 0.1) is 11.8 Å². The minimum Gasteiger partial charge on any atom is -0.357 e. The number of guanidine groups is 1. The summed E-state index contributed by atoms with van der Waals surface area (Å²) in [5.41, 5.74) is 0. The van der Waals surface area contributed by atoms with Crippen LogP contribution in [-0.4, -0.2) is 49.6 Å². The zero-order valence-corrected chi connectivity index (χ0v) is 14.6. The average Bonchev–Trinajstić information content (AvgIpc) is 2.95. The van der Waals surface area contributed by atoms with Gasteiger partial charge in [-0.3, -0.25) is 4.99 Å². The summed E-state index contributed by atoms with van der Waals surface area (Å²) in [5, 5.41) is 6.89. The highest BCUT2D eigenvalue weighted by Crippen LogP contribution is 2.20. The van der Waals surface area contributed by atoms with Gasteiger partial charge in [-0.1, -0.05) is 26.0 Å². The van der Waals surface area contributed by atoms with E-state index >= 15 is 0 Å². The molecule has 0 aromatic carbocycles. The molecule has 2 rings (SSSR count). The Labute approximate surface area is 136 Å². The van der Waals surface area contributed by atoms with Crippen LogP contribution in [0.1, 0.15) is 46.5 Å². The van der Waals surface area contributed by atoms with Gasteiger partial charge < -0.3 is 15.5 Å². The van der Waals surface area contributed by atoms with E-state index in [1.807, 2.05) is 0 Å². The fourth-order valence-electron chi connectivity index (χ4n) is 3.71. The first kappa shape index (κ1) is 17.3. The topological polar surface area (TPSA) is 39.7 Å². The fraction of sp³-hybridized carbons (Fsp3) is 0.833. The normalized spacial score (nSPS) is 27.3. The Kier molecular flexibility index (Phi) is 7.23. The molecule has 0 spiro atoms. The number of likely N-dealkylation sites (tertiary alicyclic amines) is 1. The third kappa shape index (κ3) is 5.99. The van der Waals surface area contributed by atoms with E-state index in [2.05, 4.69) is 48.5 Å². The molecule has 0 bridgehead atoms. The van der Waals surface area contributed by atoms with Gasteiger partial charge in [0.2, 0.25) is 0 Å². The number of aliphatic imine (C=N–C) groups is 1. The Hall–Kier alpha value is -1.03. The van der Waals surface area contributed by atoms with E-state index in [1.54, 1.807) is 0 Å². The van der Waals surface area contributed by atoms with Crippen LogP contribution in [0.15, 0.2) is 17.1 Å². The highest BCUT2D eigenvalue weighted by Gasteiger charge is 2.21. The van der Waals surface area contributed by atoms with E-state index in [0.29, 0.717) is 6.04 Å². The fourth-order valence-corrected chi connectivity index (χ4v) is 3.71. The number of hydrogen-bond donors (Lipinski definition) is 2. The van der Waals surface area contributed by atoms with Crippen molar-refractivity contribution >= 4 is 5.96 Å². The van der Waals surface area contributed by atoms with Gasteiger partial charge >= 0.3 is 0 Å². The van der Waals surface area contributed by atoms with Crippen LogP contribution in [0.4, 0.5) is 0 Å². The lowest BCUT2D eigenvalue weighted by Gasteiger charge is -2.34. The van der Waals surface area contributed by atoms with Crippen LogP contribution in [0.25, 0.3) is 0 Å². The van der Waals surface area contributed by atoms with Crippen molar-refractivity contribution < 1.29 is 0 Å². The summed E-state index contributed by atoms with van der Waals surface area (Å²) in [6.45, 7) is 12.4. The highest BCUT2D eigenvalue weighted by atomic mass is 15.2. The molecular weight excluding hydrogens is 272 g/mol. The van der Waals surface area contributed by atoms with E-state index in [9.17, 15) is 0 Å². The summed E-state index contributed by atoms with van der Waals surface area (Å²) in [6.07, 6.45) is 9.28. The Bertz CT molecular complexity index is 359. The SMILES string of the molecule is CCNC(=NCCCN1CC(C)CC(C)C1)NC1CC=CC1. The lowest BCUT2D eigenvalue weighted by atomic mass is 9.92. The maximum absolute atomic E-state index is 4.74. The standard InChI is InChI=1S/C18H34N4/c1-4-19-18(21-17-8-5-6-9-17)20-10-7-11-22-13-15(2)12-16(3)14-22/h5-6,15-17H,4,7-14H2,1-3H3,(H2,19,20,21). The van der Waals surface area contributed by atoms with Crippen LogP contribution in [-0.2, 0) is 0 Å². The summed E-state index contributed by atoms with van der Waals surface area (Å²) >= 11 is 0. The molecule has 22 heavy (non-hydrogen) atoms. The summed E-state index contributed by atoms with van der Waals surface area (Å²) in [5.74, 6) is 2.68. The Morgan fingerprint density at radius 2 is 1.86 bits per heavy atom. The van der Waals surface area contributed by atoms with Gasteiger partial charge in [0, 0.05) is 32.2 Å². The molecule has 1 heterocycles. The quantitative estimate of drug-likeness (QED) is 0.343. The second-order valence-electron chi connectivity index (χ2n) is 7.10. The molecule has 1 aliphatic carbocycles. The molecule has 0 saturated carbocycles. The van der Waals surface area contributed by atoms with E-state index in [1.165, 1.54) is 26.1 Å². The van der Waals surface area contributed by atoms with Gasteiger partial charge in [-0.2, -0.15) is 0 Å². The molecule has 2 atom stereocenters. The average molecular weight is 306 g/mol. The van der Waals surface area contributed by atoms with Crippen molar-refractivity contribution in [3.8, 4) is 0 Å². The zero-order valence-electron chi connectivity index (χ0n) is 14.6. The third-order valence-electron chi connectivity index (χ3n) is 4.54. The summed E-state index contributed by atoms with van der Waals surface area (Å²) in [6, 6.07) is 0.529. The van der Waals surface area contributed by atoms with Gasteiger partial charge in [-0.25, -0.2) is 0 Å². The Morgan fingerprint density at radius 1 is 1.18 bits per heavy atom. The number of nitrogens with one attached hydrogen (secondary N) is 2. The van der Waals surface area contributed by atoms with Crippen molar-refractivity contribution in [2.24, 2.45) is 16.8 Å². The summed E-state index contributed by atoms with van der Waals surface area (Å²) in [4.78, 5) is 7.36. The number of piperidine rings is 1. The van der Waals surface area contributed by atoms with Crippen molar-refractivity contribution in [3.05, 3.63) is 12.2 Å². The second kappa shape index (κ2) is 9.19. The molecule has 126 valence electrons. The van der Waals surface area contributed by atoms with Crippen molar-refractivity contribution in [2.75, 3.05) is 32.7 Å². The molecule has 0 aromatic rings. The van der Waals surface area contributed by atoms with E-state index in [4.69, 9.17) is 4.99 Å². The monoisotopic (exact) mass is 306 g/mol. The van der Waals surface area contributed by atoms with E-state index in [-0.39, 0.29) is 0 Å². The molecule has 2 aliphatic rings. The minimum absolute atomic E-state index is 0.529. The molecule has 2 N–H and O–H groups in total. The predicted molar refractivity (Wildman–Crippen MR) is 95.3 cm³/mol. The minimum atomic E-state index is 0.529. The van der Waals surface area contributed by atoms with E-state index < -0.39 is 0 Å². The van der Waals surface area contributed by atoms with Crippen LogP contribution in [0.5, 0.6) is 0 Å². The van der Waals surface area contributed by atoms with E-state index in [0.717, 1.165) is 50.1 Å². The van der Waals surface area contributed by atoms with Crippen molar-refractivity contribution in [2.45, 2.75) is 52.5 Å². The largest absolute Gasteiger partial charge is 0.357 e. The van der Waals surface area contributed by atoms with Crippen molar-refractivity contribution in [1.29, 1.82) is 0 Å². The molecule has 4 nitrogen and oxygen atoms in total. The smallest absolute Gasteiger partial charge is 0.191 e. The van der Waals surface area contributed by atoms with Crippen LogP contribution in [0.3, 0.4) is 0 Å². The molecule has 1 fully saturated rings. The number of nitrogens with zero attached hydrogens (tertiary/aromatic N) is 2. The first-order valence-corrected chi connectivity index (χ1v) is 9.09. The lowest BCUT2D eigenvalue weighted by Crippen LogP contribution is -2.42. The van der Waals surface area contributed by atoms with Gasteiger partial charge in [0.1, 0.15) is 0 Å². The first-order valence-electron chi connectivity index (χ1n) is 9.09. The number of rotatable bonds is 6. The number of hydrogen-bond acceptors (Lipinski definition) is 2. The second-order valence-corrected chi connectivity index (χ2v) is 7.10. The van der Waals surface area contributed by atoms with Gasteiger partial charge in [-0.05, 0) is 51.0 Å². The third-order valence-corrected chi connectivity index (χ3v) is 4.54. The van der Waals surface area contributed by atoms with Gasteiger partial charge in [0.05, 0.1) is 0 Å². The van der Waals surface area contributed by atoms with Gasteiger partial charge in [-0.15, -0.1) is 0 Å². The van der Waals surface area contributed by atoms with Crippen LogP contribution in [0.2, 0.25) is 0 Å². The first-order chi connectivity index (χ1) is 10.7. The van der Waals surface area contributed by atoms with Crippen LogP contribution < -0.4 is 10.6 Å². The molecule has 0 radical (unpaired) electrons. The molecule has 0 amide bonds. The predicted octanol–water partition coefficient (Wildman–Crippen LogP) is 2.63. The molecule has 4 heteroatoms. The lowest BCUT2D eigenvalue weighted by molar-refractivity contribution is 0.140. The molecule has 2 unspecified atom stereocenters. The summed E-state index contributed by atoms with van der Waals surface area (Å²) < 4.78 is 0. The maximum Gasteiger partial charge on any atom is 0.191 e. The van der Waals surface area contributed by atoms with Crippen molar-refractivity contribution in [3.63, 3.8) is 0 Å². The zero-order chi connectivity index (χ0) is 15.8. The Balaban J connectivity index is 1.69. The molecule has 0 aromatic heterocycles.